The highest BCUT2D eigenvalue weighted by molar-refractivity contribution is 5.38. The minimum atomic E-state index is -0.252. The first-order valence-corrected chi connectivity index (χ1v) is 7.78. The van der Waals surface area contributed by atoms with Gasteiger partial charge in [0.2, 0.25) is 5.95 Å². The van der Waals surface area contributed by atoms with Crippen molar-refractivity contribution in [2.45, 2.75) is 13.1 Å². The minimum Gasteiger partial charge on any atom is -0.497 e. The number of hydrogen-bond donors (Lipinski definition) is 2. The second-order valence-corrected chi connectivity index (χ2v) is 5.35. The highest BCUT2D eigenvalue weighted by Crippen LogP contribution is 2.13. The molecule has 0 radical (unpaired) electrons. The van der Waals surface area contributed by atoms with Gasteiger partial charge in [-0.2, -0.15) is 10.1 Å². The van der Waals surface area contributed by atoms with Crippen LogP contribution in [0.5, 0.6) is 5.75 Å². The third kappa shape index (κ3) is 4.87. The van der Waals surface area contributed by atoms with Crippen molar-refractivity contribution in [3.05, 3.63) is 71.7 Å². The average molecular weight is 339 g/mol. The monoisotopic (exact) mass is 339 g/mol. The Morgan fingerprint density at radius 3 is 2.24 bits per heavy atom. The summed E-state index contributed by atoms with van der Waals surface area (Å²) >= 11 is 0. The first-order chi connectivity index (χ1) is 12.2. The van der Waals surface area contributed by atoms with Crippen LogP contribution in [-0.2, 0) is 13.1 Å². The average Bonchev–Trinajstić information content (AvgIpc) is 2.67. The summed E-state index contributed by atoms with van der Waals surface area (Å²) < 4.78 is 18.0. The fourth-order valence-electron chi connectivity index (χ4n) is 2.18. The zero-order valence-corrected chi connectivity index (χ0v) is 13.7. The summed E-state index contributed by atoms with van der Waals surface area (Å²) in [5.74, 6) is 1.59. The molecule has 3 aromatic rings. The molecule has 1 aromatic heterocycles. The van der Waals surface area contributed by atoms with Crippen molar-refractivity contribution in [2.75, 3.05) is 17.7 Å². The summed E-state index contributed by atoms with van der Waals surface area (Å²) in [7, 11) is 1.64. The van der Waals surface area contributed by atoms with Crippen LogP contribution in [0.2, 0.25) is 0 Å². The molecular weight excluding hydrogens is 321 g/mol. The molecule has 6 nitrogen and oxygen atoms in total. The third-order valence-electron chi connectivity index (χ3n) is 3.56. The standard InChI is InChI=1S/C18H18FN5O/c1-25-16-8-4-14(5-9-16)11-21-18-23-17(12-22-24-18)20-10-13-2-6-15(19)7-3-13/h2-9,12H,10-11H2,1H3,(H2,20,21,23,24). The van der Waals surface area contributed by atoms with Crippen LogP contribution in [0.25, 0.3) is 0 Å². The van der Waals surface area contributed by atoms with E-state index in [9.17, 15) is 4.39 Å². The summed E-state index contributed by atoms with van der Waals surface area (Å²) in [5.41, 5.74) is 2.03. The molecule has 0 unspecified atom stereocenters. The third-order valence-corrected chi connectivity index (χ3v) is 3.56. The number of nitrogens with zero attached hydrogens (tertiary/aromatic N) is 3. The van der Waals surface area contributed by atoms with Gasteiger partial charge < -0.3 is 15.4 Å². The van der Waals surface area contributed by atoms with Crippen molar-refractivity contribution < 1.29 is 9.13 Å². The number of ether oxygens (including phenoxy) is 1. The molecule has 2 aromatic carbocycles. The van der Waals surface area contributed by atoms with Gasteiger partial charge in [0.25, 0.3) is 0 Å². The van der Waals surface area contributed by atoms with E-state index in [2.05, 4.69) is 25.8 Å². The smallest absolute Gasteiger partial charge is 0.244 e. The van der Waals surface area contributed by atoms with Crippen LogP contribution in [0.15, 0.2) is 54.7 Å². The van der Waals surface area contributed by atoms with E-state index in [1.54, 1.807) is 25.4 Å². The Labute approximate surface area is 145 Å². The molecule has 3 rings (SSSR count). The lowest BCUT2D eigenvalue weighted by Gasteiger charge is -2.08. The summed E-state index contributed by atoms with van der Waals surface area (Å²) in [6.07, 6.45) is 1.54. The number of anilines is 2. The van der Waals surface area contributed by atoms with Crippen molar-refractivity contribution in [1.29, 1.82) is 0 Å². The molecule has 0 amide bonds. The normalized spacial score (nSPS) is 10.3. The Hall–Kier alpha value is -3.22. The van der Waals surface area contributed by atoms with E-state index < -0.39 is 0 Å². The van der Waals surface area contributed by atoms with Crippen molar-refractivity contribution in [3.8, 4) is 5.75 Å². The maximum absolute atomic E-state index is 12.9. The Kier molecular flexibility index (Phi) is 5.36. The number of methoxy groups -OCH3 is 1. The predicted octanol–water partition coefficient (Wildman–Crippen LogP) is 3.24. The van der Waals surface area contributed by atoms with Crippen molar-refractivity contribution in [3.63, 3.8) is 0 Å². The molecule has 1 heterocycles. The molecule has 0 aliphatic heterocycles. The number of nitrogens with one attached hydrogen (secondary N) is 2. The molecule has 2 N–H and O–H groups in total. The lowest BCUT2D eigenvalue weighted by atomic mass is 10.2. The predicted molar refractivity (Wildman–Crippen MR) is 93.9 cm³/mol. The van der Waals surface area contributed by atoms with Gasteiger partial charge in [-0.25, -0.2) is 4.39 Å². The SMILES string of the molecule is COc1ccc(CNc2nncc(NCc3ccc(F)cc3)n2)cc1. The van der Waals surface area contributed by atoms with Crippen LogP contribution in [-0.4, -0.2) is 22.3 Å². The van der Waals surface area contributed by atoms with Crippen LogP contribution >= 0.6 is 0 Å². The van der Waals surface area contributed by atoms with Gasteiger partial charge in [0.1, 0.15) is 11.6 Å². The fraction of sp³-hybridized carbons (Fsp3) is 0.167. The quantitative estimate of drug-likeness (QED) is 0.688. The van der Waals surface area contributed by atoms with Crippen molar-refractivity contribution in [2.24, 2.45) is 0 Å². The first kappa shape index (κ1) is 16.6. The Balaban J connectivity index is 1.56. The lowest BCUT2D eigenvalue weighted by Crippen LogP contribution is -2.08. The molecule has 0 atom stereocenters. The second-order valence-electron chi connectivity index (χ2n) is 5.35. The molecule has 0 bridgehead atoms. The molecule has 128 valence electrons. The van der Waals surface area contributed by atoms with E-state index in [-0.39, 0.29) is 5.82 Å². The Bertz CT molecular complexity index is 808. The molecular formula is C18H18FN5O. The molecule has 0 saturated carbocycles. The number of hydrogen-bond acceptors (Lipinski definition) is 6. The number of benzene rings is 2. The van der Waals surface area contributed by atoms with E-state index >= 15 is 0 Å². The Morgan fingerprint density at radius 1 is 0.920 bits per heavy atom. The van der Waals surface area contributed by atoms with Gasteiger partial charge in [-0.3, -0.25) is 0 Å². The molecule has 25 heavy (non-hydrogen) atoms. The number of halogens is 1. The van der Waals surface area contributed by atoms with Crippen LogP contribution in [0, 0.1) is 5.82 Å². The molecule has 7 heteroatoms. The van der Waals surface area contributed by atoms with Gasteiger partial charge >= 0.3 is 0 Å². The van der Waals surface area contributed by atoms with E-state index in [1.165, 1.54) is 12.1 Å². The van der Waals surface area contributed by atoms with Crippen LogP contribution in [0.1, 0.15) is 11.1 Å². The summed E-state index contributed by atoms with van der Waals surface area (Å²) in [5, 5.41) is 14.2. The molecule has 0 aliphatic carbocycles. The topological polar surface area (TPSA) is 72.0 Å². The van der Waals surface area contributed by atoms with E-state index in [4.69, 9.17) is 4.74 Å². The largest absolute Gasteiger partial charge is 0.497 e. The van der Waals surface area contributed by atoms with Crippen molar-refractivity contribution in [1.82, 2.24) is 15.2 Å². The van der Waals surface area contributed by atoms with Gasteiger partial charge in [-0.15, -0.1) is 5.10 Å². The van der Waals surface area contributed by atoms with Gasteiger partial charge in [-0.1, -0.05) is 24.3 Å². The number of rotatable bonds is 7. The van der Waals surface area contributed by atoms with E-state index in [1.807, 2.05) is 24.3 Å². The van der Waals surface area contributed by atoms with Crippen LogP contribution in [0.4, 0.5) is 16.2 Å². The minimum absolute atomic E-state index is 0.252. The highest BCUT2D eigenvalue weighted by Gasteiger charge is 2.02. The lowest BCUT2D eigenvalue weighted by molar-refractivity contribution is 0.414. The second kappa shape index (κ2) is 8.05. The summed E-state index contributed by atoms with van der Waals surface area (Å²) in [6, 6.07) is 14.0. The molecule has 0 aliphatic rings. The fourth-order valence-corrected chi connectivity index (χ4v) is 2.18. The maximum Gasteiger partial charge on any atom is 0.244 e. The van der Waals surface area contributed by atoms with Crippen LogP contribution < -0.4 is 15.4 Å². The van der Waals surface area contributed by atoms with Gasteiger partial charge in [0, 0.05) is 13.1 Å². The summed E-state index contributed by atoms with van der Waals surface area (Å²) in [4.78, 5) is 4.36. The Morgan fingerprint density at radius 2 is 1.56 bits per heavy atom. The highest BCUT2D eigenvalue weighted by atomic mass is 19.1. The summed E-state index contributed by atoms with van der Waals surface area (Å²) in [6.45, 7) is 1.10. The van der Waals surface area contributed by atoms with Gasteiger partial charge in [0.05, 0.1) is 13.3 Å². The van der Waals surface area contributed by atoms with Crippen LogP contribution in [0.3, 0.4) is 0 Å². The molecule has 0 fully saturated rings. The maximum atomic E-state index is 12.9. The zero-order chi connectivity index (χ0) is 17.5. The van der Waals surface area contributed by atoms with Gasteiger partial charge in [-0.05, 0) is 35.4 Å². The molecule has 0 spiro atoms. The zero-order valence-electron chi connectivity index (χ0n) is 13.7. The van der Waals surface area contributed by atoms with E-state index in [0.29, 0.717) is 24.9 Å². The van der Waals surface area contributed by atoms with E-state index in [0.717, 1.165) is 16.9 Å². The van der Waals surface area contributed by atoms with Gasteiger partial charge in [0.15, 0.2) is 5.82 Å². The molecule has 0 saturated heterocycles. The first-order valence-electron chi connectivity index (χ1n) is 7.78. The number of aromatic nitrogens is 3. The van der Waals surface area contributed by atoms with Crippen molar-refractivity contribution >= 4 is 11.8 Å².